The van der Waals surface area contributed by atoms with Gasteiger partial charge in [-0.3, -0.25) is 4.79 Å². The molecular weight excluding hydrogens is 144 g/mol. The normalized spacial score (nSPS) is 16.0. The SMILES string of the molecule is CC(=O)[C@@H](N)CC[C@@H](O)CN. The Balaban J connectivity index is 3.45. The molecule has 0 bridgehead atoms. The second kappa shape index (κ2) is 5.23. The largest absolute Gasteiger partial charge is 0.392 e. The lowest BCUT2D eigenvalue weighted by molar-refractivity contribution is -0.118. The summed E-state index contributed by atoms with van der Waals surface area (Å²) in [5, 5.41) is 9.00. The van der Waals surface area contributed by atoms with E-state index in [9.17, 15) is 4.79 Å². The van der Waals surface area contributed by atoms with Crippen molar-refractivity contribution in [2.45, 2.75) is 31.9 Å². The van der Waals surface area contributed by atoms with Gasteiger partial charge in [0.05, 0.1) is 12.1 Å². The predicted octanol–water partition coefficient (Wildman–Crippen LogP) is -0.997. The summed E-state index contributed by atoms with van der Waals surface area (Å²) in [6.07, 6.45) is 0.478. The van der Waals surface area contributed by atoms with Crippen LogP contribution in [-0.4, -0.2) is 29.6 Å². The third-order valence-electron chi connectivity index (χ3n) is 1.61. The number of nitrogens with two attached hydrogens (primary N) is 2. The Hall–Kier alpha value is -0.450. The highest BCUT2D eigenvalue weighted by Gasteiger charge is 2.09. The van der Waals surface area contributed by atoms with E-state index in [0.717, 1.165) is 0 Å². The molecule has 0 fully saturated rings. The van der Waals surface area contributed by atoms with E-state index < -0.39 is 12.1 Å². The second-order valence-electron chi connectivity index (χ2n) is 2.68. The number of carbonyl (C=O) groups is 1. The van der Waals surface area contributed by atoms with Crippen LogP contribution in [0.1, 0.15) is 19.8 Å². The third-order valence-corrected chi connectivity index (χ3v) is 1.61. The van der Waals surface area contributed by atoms with Crippen LogP contribution in [0.3, 0.4) is 0 Å². The van der Waals surface area contributed by atoms with Gasteiger partial charge >= 0.3 is 0 Å². The van der Waals surface area contributed by atoms with Crippen LogP contribution in [0, 0.1) is 0 Å². The summed E-state index contributed by atoms with van der Waals surface area (Å²) in [6, 6.07) is -0.448. The fraction of sp³-hybridized carbons (Fsp3) is 0.857. The number of carbonyl (C=O) groups excluding carboxylic acids is 1. The van der Waals surface area contributed by atoms with Gasteiger partial charge in [-0.2, -0.15) is 0 Å². The summed E-state index contributed by atoms with van der Waals surface area (Å²) in [7, 11) is 0. The van der Waals surface area contributed by atoms with E-state index in [1.54, 1.807) is 0 Å². The molecule has 0 saturated carbocycles. The summed E-state index contributed by atoms with van der Waals surface area (Å²) >= 11 is 0. The van der Waals surface area contributed by atoms with Crippen LogP contribution in [0.15, 0.2) is 0 Å². The molecular formula is C7H16N2O2. The van der Waals surface area contributed by atoms with Crippen molar-refractivity contribution < 1.29 is 9.90 Å². The first-order valence-corrected chi connectivity index (χ1v) is 3.72. The number of hydrogen-bond acceptors (Lipinski definition) is 4. The lowest BCUT2D eigenvalue weighted by Crippen LogP contribution is -2.30. The average Bonchev–Trinajstić information content (AvgIpc) is 1.99. The summed E-state index contributed by atoms with van der Waals surface area (Å²) in [5.41, 5.74) is 10.6. The highest BCUT2D eigenvalue weighted by molar-refractivity contribution is 5.81. The smallest absolute Gasteiger partial charge is 0.146 e. The van der Waals surface area contributed by atoms with Crippen molar-refractivity contribution in [2.24, 2.45) is 11.5 Å². The highest BCUT2D eigenvalue weighted by atomic mass is 16.3. The van der Waals surface area contributed by atoms with Gasteiger partial charge in [0, 0.05) is 6.54 Å². The molecule has 0 aromatic carbocycles. The Morgan fingerprint density at radius 3 is 2.45 bits per heavy atom. The molecule has 0 unspecified atom stereocenters. The summed E-state index contributed by atoms with van der Waals surface area (Å²) in [5.74, 6) is -0.0470. The standard InChI is InChI=1S/C7H16N2O2/c1-5(10)7(9)3-2-6(11)4-8/h6-7,11H,2-4,8-9H2,1H3/t6-,7+/m1/s1. The zero-order chi connectivity index (χ0) is 8.85. The van der Waals surface area contributed by atoms with Crippen LogP contribution >= 0.6 is 0 Å². The van der Waals surface area contributed by atoms with Crippen LogP contribution in [0.5, 0.6) is 0 Å². The molecule has 4 nitrogen and oxygen atoms in total. The fourth-order valence-corrected chi connectivity index (χ4v) is 0.693. The maximum atomic E-state index is 10.6. The van der Waals surface area contributed by atoms with E-state index in [-0.39, 0.29) is 12.3 Å². The van der Waals surface area contributed by atoms with Gasteiger partial charge in [0.2, 0.25) is 0 Å². The molecule has 0 heterocycles. The molecule has 0 aliphatic carbocycles. The number of aliphatic hydroxyl groups excluding tert-OH is 1. The van der Waals surface area contributed by atoms with Gasteiger partial charge < -0.3 is 16.6 Å². The molecule has 0 amide bonds. The minimum atomic E-state index is -0.527. The number of ketones is 1. The van der Waals surface area contributed by atoms with E-state index >= 15 is 0 Å². The van der Waals surface area contributed by atoms with Crippen molar-refractivity contribution in [3.05, 3.63) is 0 Å². The number of hydrogen-bond donors (Lipinski definition) is 3. The monoisotopic (exact) mass is 160 g/mol. The lowest BCUT2D eigenvalue weighted by Gasteiger charge is -2.10. The minimum absolute atomic E-state index is 0.0470. The quantitative estimate of drug-likeness (QED) is 0.481. The van der Waals surface area contributed by atoms with E-state index in [1.165, 1.54) is 6.92 Å². The van der Waals surface area contributed by atoms with Gasteiger partial charge in [0.25, 0.3) is 0 Å². The van der Waals surface area contributed by atoms with Crippen LogP contribution in [0.4, 0.5) is 0 Å². The van der Waals surface area contributed by atoms with Crippen molar-refractivity contribution in [2.75, 3.05) is 6.54 Å². The molecule has 0 saturated heterocycles. The Bertz CT molecular complexity index is 128. The van der Waals surface area contributed by atoms with Crippen molar-refractivity contribution in [1.29, 1.82) is 0 Å². The van der Waals surface area contributed by atoms with Gasteiger partial charge in [0.15, 0.2) is 0 Å². The fourth-order valence-electron chi connectivity index (χ4n) is 0.693. The Morgan fingerprint density at radius 1 is 1.55 bits per heavy atom. The van der Waals surface area contributed by atoms with E-state index in [0.29, 0.717) is 12.8 Å². The van der Waals surface area contributed by atoms with Crippen LogP contribution in [0.25, 0.3) is 0 Å². The van der Waals surface area contributed by atoms with Crippen molar-refractivity contribution in [3.8, 4) is 0 Å². The Morgan fingerprint density at radius 2 is 2.09 bits per heavy atom. The molecule has 11 heavy (non-hydrogen) atoms. The molecule has 5 N–H and O–H groups in total. The molecule has 66 valence electrons. The topological polar surface area (TPSA) is 89.3 Å². The first kappa shape index (κ1) is 10.6. The lowest BCUT2D eigenvalue weighted by atomic mass is 10.1. The summed E-state index contributed by atoms with van der Waals surface area (Å²) in [6.45, 7) is 1.67. The number of aliphatic hydroxyl groups is 1. The van der Waals surface area contributed by atoms with E-state index in [1.807, 2.05) is 0 Å². The van der Waals surface area contributed by atoms with Crippen LogP contribution < -0.4 is 11.5 Å². The first-order valence-electron chi connectivity index (χ1n) is 3.72. The van der Waals surface area contributed by atoms with Crippen LogP contribution in [0.2, 0.25) is 0 Å². The van der Waals surface area contributed by atoms with E-state index in [2.05, 4.69) is 0 Å². The molecule has 2 atom stereocenters. The molecule has 4 heteroatoms. The average molecular weight is 160 g/mol. The maximum absolute atomic E-state index is 10.6. The molecule has 0 rings (SSSR count). The predicted molar refractivity (Wildman–Crippen MR) is 43.0 cm³/mol. The van der Waals surface area contributed by atoms with Gasteiger partial charge in [-0.25, -0.2) is 0 Å². The molecule has 0 aliphatic rings. The number of rotatable bonds is 5. The maximum Gasteiger partial charge on any atom is 0.146 e. The zero-order valence-electron chi connectivity index (χ0n) is 6.79. The van der Waals surface area contributed by atoms with Gasteiger partial charge in [-0.15, -0.1) is 0 Å². The van der Waals surface area contributed by atoms with Crippen molar-refractivity contribution in [1.82, 2.24) is 0 Å². The molecule has 0 aromatic rings. The molecule has 0 spiro atoms. The number of Topliss-reactive ketones (excluding diaryl/α,β-unsaturated/α-hetero) is 1. The second-order valence-corrected chi connectivity index (χ2v) is 2.68. The summed E-state index contributed by atoms with van der Waals surface area (Å²) in [4.78, 5) is 10.6. The minimum Gasteiger partial charge on any atom is -0.392 e. The third kappa shape index (κ3) is 4.89. The van der Waals surface area contributed by atoms with E-state index in [4.69, 9.17) is 16.6 Å². The highest BCUT2D eigenvalue weighted by Crippen LogP contribution is 1.99. The molecule has 0 radical (unpaired) electrons. The van der Waals surface area contributed by atoms with Crippen molar-refractivity contribution >= 4 is 5.78 Å². The van der Waals surface area contributed by atoms with Gasteiger partial charge in [0.1, 0.15) is 5.78 Å². The zero-order valence-corrected chi connectivity index (χ0v) is 6.79. The van der Waals surface area contributed by atoms with Crippen LogP contribution in [-0.2, 0) is 4.79 Å². The molecule has 0 aromatic heterocycles. The van der Waals surface area contributed by atoms with Gasteiger partial charge in [-0.1, -0.05) is 0 Å². The molecule has 0 aliphatic heterocycles. The van der Waals surface area contributed by atoms with Gasteiger partial charge in [-0.05, 0) is 19.8 Å². The van der Waals surface area contributed by atoms with Crippen molar-refractivity contribution in [3.63, 3.8) is 0 Å². The summed E-state index contributed by atoms with van der Waals surface area (Å²) < 4.78 is 0. The Kier molecular flexibility index (Phi) is 5.02. The first-order chi connectivity index (χ1) is 5.07. The Labute approximate surface area is 66.6 Å².